The zero-order chi connectivity index (χ0) is 8.97. The van der Waals surface area contributed by atoms with E-state index in [-0.39, 0.29) is 0 Å². The average Bonchev–Trinajstić information content (AvgIpc) is 2.09. The third-order valence-electron chi connectivity index (χ3n) is 1.49. The first-order chi connectivity index (χ1) is 5.77. The monoisotopic (exact) mass is 183 g/mol. The Bertz CT molecular complexity index is 262. The van der Waals surface area contributed by atoms with E-state index in [9.17, 15) is 0 Å². The minimum absolute atomic E-state index is 0.703. The lowest BCUT2D eigenvalue weighted by atomic mass is 10.3. The standard InChI is InChI=1S/C8H13N3S/c1-3-10-7-4-8(12-2)11-5-6(7)9/h4-5H,3,9H2,1-2H3,(H,10,11). The second kappa shape index (κ2) is 4.21. The van der Waals surface area contributed by atoms with Crippen molar-refractivity contribution in [3.8, 4) is 0 Å². The molecule has 0 amide bonds. The number of nitrogens with one attached hydrogen (secondary N) is 1. The molecule has 0 aliphatic carbocycles. The van der Waals surface area contributed by atoms with E-state index in [1.807, 2.05) is 19.2 Å². The van der Waals surface area contributed by atoms with E-state index < -0.39 is 0 Å². The lowest BCUT2D eigenvalue weighted by Crippen LogP contribution is -2.01. The molecule has 0 saturated heterocycles. The molecule has 12 heavy (non-hydrogen) atoms. The van der Waals surface area contributed by atoms with Gasteiger partial charge < -0.3 is 11.1 Å². The summed E-state index contributed by atoms with van der Waals surface area (Å²) in [7, 11) is 0. The number of nitrogen functional groups attached to an aromatic ring is 1. The predicted molar refractivity (Wildman–Crippen MR) is 54.6 cm³/mol. The Morgan fingerprint density at radius 1 is 1.67 bits per heavy atom. The summed E-state index contributed by atoms with van der Waals surface area (Å²) in [5.74, 6) is 0. The Labute approximate surface area is 76.8 Å². The van der Waals surface area contributed by atoms with E-state index in [1.165, 1.54) is 0 Å². The van der Waals surface area contributed by atoms with Gasteiger partial charge in [-0.15, -0.1) is 11.8 Å². The van der Waals surface area contributed by atoms with Crippen molar-refractivity contribution in [1.82, 2.24) is 4.98 Å². The largest absolute Gasteiger partial charge is 0.396 e. The van der Waals surface area contributed by atoms with Gasteiger partial charge >= 0.3 is 0 Å². The van der Waals surface area contributed by atoms with Gasteiger partial charge in [-0.2, -0.15) is 0 Å². The summed E-state index contributed by atoms with van der Waals surface area (Å²) in [6.07, 6.45) is 3.68. The fourth-order valence-corrected chi connectivity index (χ4v) is 1.30. The van der Waals surface area contributed by atoms with Crippen molar-refractivity contribution < 1.29 is 0 Å². The van der Waals surface area contributed by atoms with Crippen LogP contribution in [0.2, 0.25) is 0 Å². The SMILES string of the molecule is CCNc1cc(SC)ncc1N. The van der Waals surface area contributed by atoms with Gasteiger partial charge in [0.2, 0.25) is 0 Å². The van der Waals surface area contributed by atoms with E-state index in [0.717, 1.165) is 17.3 Å². The van der Waals surface area contributed by atoms with Crippen LogP contribution in [0.3, 0.4) is 0 Å². The summed E-state index contributed by atoms with van der Waals surface area (Å²) in [6.45, 7) is 2.92. The Kier molecular flexibility index (Phi) is 3.22. The van der Waals surface area contributed by atoms with Crippen LogP contribution in [-0.4, -0.2) is 17.8 Å². The lowest BCUT2D eigenvalue weighted by Gasteiger charge is -2.07. The van der Waals surface area contributed by atoms with Crippen LogP contribution in [0.25, 0.3) is 0 Å². The maximum absolute atomic E-state index is 5.70. The molecule has 1 aromatic rings. The first-order valence-corrected chi connectivity index (χ1v) is 5.03. The van der Waals surface area contributed by atoms with Gasteiger partial charge in [-0.05, 0) is 19.2 Å². The van der Waals surface area contributed by atoms with E-state index in [4.69, 9.17) is 5.73 Å². The Hall–Kier alpha value is -0.900. The Balaban J connectivity index is 2.91. The van der Waals surface area contributed by atoms with Gasteiger partial charge in [0.15, 0.2) is 0 Å². The molecule has 0 spiro atoms. The van der Waals surface area contributed by atoms with Gasteiger partial charge in [0, 0.05) is 6.54 Å². The lowest BCUT2D eigenvalue weighted by molar-refractivity contribution is 1.12. The highest BCUT2D eigenvalue weighted by Gasteiger charge is 1.99. The number of nitrogens with two attached hydrogens (primary N) is 1. The number of aromatic nitrogens is 1. The fraction of sp³-hybridized carbons (Fsp3) is 0.375. The number of pyridine rings is 1. The number of hydrogen-bond donors (Lipinski definition) is 2. The van der Waals surface area contributed by atoms with Gasteiger partial charge in [-0.3, -0.25) is 0 Å². The molecule has 0 aromatic carbocycles. The predicted octanol–water partition coefficient (Wildman–Crippen LogP) is 1.82. The normalized spacial score (nSPS) is 9.83. The van der Waals surface area contributed by atoms with Gasteiger partial charge in [-0.25, -0.2) is 4.98 Å². The van der Waals surface area contributed by atoms with Crippen molar-refractivity contribution in [2.24, 2.45) is 0 Å². The molecule has 0 aliphatic rings. The number of nitrogens with zero attached hydrogens (tertiary/aromatic N) is 1. The summed E-state index contributed by atoms with van der Waals surface area (Å²) in [5.41, 5.74) is 7.37. The third-order valence-corrected chi connectivity index (χ3v) is 2.13. The Morgan fingerprint density at radius 3 is 3.00 bits per heavy atom. The van der Waals surface area contributed by atoms with Crippen LogP contribution in [0.5, 0.6) is 0 Å². The average molecular weight is 183 g/mol. The maximum atomic E-state index is 5.70. The minimum Gasteiger partial charge on any atom is -0.396 e. The van der Waals surface area contributed by atoms with Gasteiger partial charge in [0.05, 0.1) is 22.6 Å². The maximum Gasteiger partial charge on any atom is 0.0979 e. The number of anilines is 2. The van der Waals surface area contributed by atoms with Crippen molar-refractivity contribution in [2.45, 2.75) is 11.9 Å². The van der Waals surface area contributed by atoms with Crippen molar-refractivity contribution in [2.75, 3.05) is 23.9 Å². The van der Waals surface area contributed by atoms with Crippen LogP contribution in [0.1, 0.15) is 6.92 Å². The van der Waals surface area contributed by atoms with E-state index >= 15 is 0 Å². The topological polar surface area (TPSA) is 50.9 Å². The highest BCUT2D eigenvalue weighted by atomic mass is 32.2. The van der Waals surface area contributed by atoms with Crippen LogP contribution in [-0.2, 0) is 0 Å². The first-order valence-electron chi connectivity index (χ1n) is 3.81. The van der Waals surface area contributed by atoms with E-state index in [1.54, 1.807) is 18.0 Å². The summed E-state index contributed by atoms with van der Waals surface area (Å²) in [4.78, 5) is 4.14. The van der Waals surface area contributed by atoms with Crippen molar-refractivity contribution >= 4 is 23.1 Å². The summed E-state index contributed by atoms with van der Waals surface area (Å²) >= 11 is 1.61. The summed E-state index contributed by atoms with van der Waals surface area (Å²) < 4.78 is 0. The quantitative estimate of drug-likeness (QED) is 0.702. The molecule has 4 heteroatoms. The van der Waals surface area contributed by atoms with Gasteiger partial charge in [-0.1, -0.05) is 0 Å². The van der Waals surface area contributed by atoms with E-state index in [2.05, 4.69) is 10.3 Å². The zero-order valence-corrected chi connectivity index (χ0v) is 8.11. The summed E-state index contributed by atoms with van der Waals surface area (Å²) in [5, 5.41) is 4.16. The molecule has 1 rings (SSSR count). The molecule has 0 atom stereocenters. The molecule has 0 saturated carbocycles. The van der Waals surface area contributed by atoms with Crippen LogP contribution in [0.4, 0.5) is 11.4 Å². The highest BCUT2D eigenvalue weighted by molar-refractivity contribution is 7.98. The molecule has 3 nitrogen and oxygen atoms in total. The minimum atomic E-state index is 0.703. The molecule has 0 radical (unpaired) electrons. The first kappa shape index (κ1) is 9.19. The van der Waals surface area contributed by atoms with Crippen molar-refractivity contribution in [3.05, 3.63) is 12.3 Å². The van der Waals surface area contributed by atoms with Crippen LogP contribution in [0, 0.1) is 0 Å². The molecule has 0 bridgehead atoms. The van der Waals surface area contributed by atoms with Crippen LogP contribution < -0.4 is 11.1 Å². The smallest absolute Gasteiger partial charge is 0.0979 e. The fourth-order valence-electron chi connectivity index (χ4n) is 0.902. The van der Waals surface area contributed by atoms with Crippen molar-refractivity contribution in [3.63, 3.8) is 0 Å². The summed E-state index contributed by atoms with van der Waals surface area (Å²) in [6, 6.07) is 1.96. The molecule has 66 valence electrons. The number of rotatable bonds is 3. The zero-order valence-electron chi connectivity index (χ0n) is 7.29. The third kappa shape index (κ3) is 2.04. The van der Waals surface area contributed by atoms with Crippen LogP contribution in [0.15, 0.2) is 17.3 Å². The molecule has 0 unspecified atom stereocenters. The number of hydrogen-bond acceptors (Lipinski definition) is 4. The second-order valence-corrected chi connectivity index (χ2v) is 3.17. The molecular formula is C8H13N3S. The number of thioether (sulfide) groups is 1. The Morgan fingerprint density at radius 2 is 2.42 bits per heavy atom. The van der Waals surface area contributed by atoms with E-state index in [0.29, 0.717) is 5.69 Å². The second-order valence-electron chi connectivity index (χ2n) is 2.34. The molecule has 3 N–H and O–H groups in total. The van der Waals surface area contributed by atoms with Crippen molar-refractivity contribution in [1.29, 1.82) is 0 Å². The molecule has 0 aliphatic heterocycles. The molecule has 1 heterocycles. The molecule has 0 fully saturated rings. The van der Waals surface area contributed by atoms with Gasteiger partial charge in [0.25, 0.3) is 0 Å². The molecular weight excluding hydrogens is 170 g/mol. The highest BCUT2D eigenvalue weighted by Crippen LogP contribution is 2.22. The van der Waals surface area contributed by atoms with Crippen LogP contribution >= 0.6 is 11.8 Å². The molecule has 1 aromatic heterocycles. The van der Waals surface area contributed by atoms with Gasteiger partial charge in [0.1, 0.15) is 0 Å².